The molecule has 0 saturated heterocycles. The molecule has 1 aromatic rings. The topological polar surface area (TPSA) is 16.1 Å². The summed E-state index contributed by atoms with van der Waals surface area (Å²) < 4.78 is 1.05. The minimum atomic E-state index is 1.05. The molecule has 1 heterocycles. The van der Waals surface area contributed by atoms with Crippen molar-refractivity contribution >= 4 is 27.7 Å². The van der Waals surface area contributed by atoms with Gasteiger partial charge in [-0.05, 0) is 54.8 Å². The summed E-state index contributed by atoms with van der Waals surface area (Å²) >= 11 is 5.27. The fraction of sp³-hybridized carbons (Fsp3) is 0.500. The van der Waals surface area contributed by atoms with Crippen LogP contribution in [-0.2, 0) is 0 Å². The zero-order chi connectivity index (χ0) is 10.4. The first kappa shape index (κ1) is 12.0. The van der Waals surface area contributed by atoms with Gasteiger partial charge in [-0.1, -0.05) is 0 Å². The van der Waals surface area contributed by atoms with Crippen molar-refractivity contribution in [1.29, 1.82) is 0 Å². The predicted molar refractivity (Wildman–Crippen MR) is 65.8 cm³/mol. The van der Waals surface area contributed by atoms with Crippen LogP contribution in [0.1, 0.15) is 6.42 Å². The van der Waals surface area contributed by atoms with E-state index < -0.39 is 0 Å². The number of pyridine rings is 1. The molecule has 0 atom stereocenters. The van der Waals surface area contributed by atoms with E-state index in [9.17, 15) is 0 Å². The van der Waals surface area contributed by atoms with Crippen LogP contribution in [0.3, 0.4) is 0 Å². The number of rotatable bonds is 5. The van der Waals surface area contributed by atoms with Crippen molar-refractivity contribution in [3.05, 3.63) is 22.9 Å². The molecule has 14 heavy (non-hydrogen) atoms. The van der Waals surface area contributed by atoms with Crippen molar-refractivity contribution in [3.63, 3.8) is 0 Å². The maximum atomic E-state index is 4.12. The molecular weight excluding hydrogens is 260 g/mol. The van der Waals surface area contributed by atoms with Crippen molar-refractivity contribution < 1.29 is 0 Å². The Morgan fingerprint density at radius 2 is 2.21 bits per heavy atom. The lowest BCUT2D eigenvalue weighted by Gasteiger charge is -2.08. The van der Waals surface area contributed by atoms with Gasteiger partial charge in [0.05, 0.1) is 0 Å². The number of hydrogen-bond donors (Lipinski definition) is 0. The molecule has 78 valence electrons. The molecule has 0 unspecified atom stereocenters. The molecule has 2 nitrogen and oxygen atoms in total. The molecule has 0 bridgehead atoms. The summed E-state index contributed by atoms with van der Waals surface area (Å²) in [6.45, 7) is 1.15. The second-order valence-electron chi connectivity index (χ2n) is 3.34. The van der Waals surface area contributed by atoms with E-state index >= 15 is 0 Å². The lowest BCUT2D eigenvalue weighted by molar-refractivity contribution is 0.410. The minimum Gasteiger partial charge on any atom is -0.309 e. The van der Waals surface area contributed by atoms with E-state index in [1.54, 1.807) is 0 Å². The molecular formula is C10H15BrN2S. The predicted octanol–water partition coefficient (Wildman–Crippen LogP) is 2.89. The lowest BCUT2D eigenvalue weighted by Crippen LogP contribution is -2.13. The first-order valence-corrected chi connectivity index (χ1v) is 6.34. The first-order chi connectivity index (χ1) is 6.68. The standard InChI is InChI=1S/C10H15BrN2S/c1-13(2)4-3-5-14-10-6-9(11)7-12-8-10/h6-8H,3-5H2,1-2H3. The van der Waals surface area contributed by atoms with E-state index in [4.69, 9.17) is 0 Å². The Bertz CT molecular complexity index is 279. The third-order valence-corrected chi connectivity index (χ3v) is 3.18. The summed E-state index contributed by atoms with van der Waals surface area (Å²) in [5.41, 5.74) is 0. The highest BCUT2D eigenvalue weighted by atomic mass is 79.9. The molecule has 0 aliphatic heterocycles. The molecule has 0 saturated carbocycles. The molecule has 1 aromatic heterocycles. The first-order valence-electron chi connectivity index (χ1n) is 4.56. The van der Waals surface area contributed by atoms with Gasteiger partial charge in [-0.15, -0.1) is 11.8 Å². The van der Waals surface area contributed by atoms with Gasteiger partial charge in [0.1, 0.15) is 0 Å². The molecule has 1 rings (SSSR count). The highest BCUT2D eigenvalue weighted by Crippen LogP contribution is 2.20. The van der Waals surface area contributed by atoms with Crippen molar-refractivity contribution in [2.45, 2.75) is 11.3 Å². The highest BCUT2D eigenvalue weighted by molar-refractivity contribution is 9.10. The van der Waals surface area contributed by atoms with E-state index in [1.807, 2.05) is 24.2 Å². The van der Waals surface area contributed by atoms with Crippen LogP contribution in [0.2, 0.25) is 0 Å². The molecule has 4 heteroatoms. The Morgan fingerprint density at radius 3 is 2.86 bits per heavy atom. The van der Waals surface area contributed by atoms with Gasteiger partial charge < -0.3 is 4.90 Å². The maximum Gasteiger partial charge on any atom is 0.0411 e. The Balaban J connectivity index is 2.25. The van der Waals surface area contributed by atoms with Gasteiger partial charge in [-0.25, -0.2) is 0 Å². The highest BCUT2D eigenvalue weighted by Gasteiger charge is 1.96. The van der Waals surface area contributed by atoms with Crippen LogP contribution < -0.4 is 0 Å². The number of aromatic nitrogens is 1. The lowest BCUT2D eigenvalue weighted by atomic mass is 10.5. The van der Waals surface area contributed by atoms with Gasteiger partial charge in [0, 0.05) is 21.8 Å². The molecule has 0 aromatic carbocycles. The van der Waals surface area contributed by atoms with Crippen molar-refractivity contribution in [2.24, 2.45) is 0 Å². The summed E-state index contributed by atoms with van der Waals surface area (Å²) in [6.07, 6.45) is 4.93. The summed E-state index contributed by atoms with van der Waals surface area (Å²) in [5.74, 6) is 1.15. The van der Waals surface area contributed by atoms with Crippen molar-refractivity contribution in [3.8, 4) is 0 Å². The van der Waals surface area contributed by atoms with Gasteiger partial charge in [0.15, 0.2) is 0 Å². The monoisotopic (exact) mass is 274 g/mol. The SMILES string of the molecule is CN(C)CCCSc1cncc(Br)c1. The molecule has 0 spiro atoms. The van der Waals surface area contributed by atoms with Gasteiger partial charge in [0.25, 0.3) is 0 Å². The fourth-order valence-corrected chi connectivity index (χ4v) is 2.41. The largest absolute Gasteiger partial charge is 0.309 e. The molecule has 0 radical (unpaired) electrons. The normalized spacial score (nSPS) is 10.9. The van der Waals surface area contributed by atoms with Crippen LogP contribution in [-0.4, -0.2) is 36.3 Å². The van der Waals surface area contributed by atoms with Gasteiger partial charge >= 0.3 is 0 Å². The van der Waals surface area contributed by atoms with E-state index in [1.165, 1.54) is 11.3 Å². The fourth-order valence-electron chi connectivity index (χ4n) is 1.04. The van der Waals surface area contributed by atoms with E-state index in [0.29, 0.717) is 0 Å². The second-order valence-corrected chi connectivity index (χ2v) is 5.43. The van der Waals surface area contributed by atoms with Gasteiger partial charge in [-0.3, -0.25) is 4.98 Å². The number of hydrogen-bond acceptors (Lipinski definition) is 3. The molecule has 0 aliphatic rings. The molecule has 0 fully saturated rings. The second kappa shape index (κ2) is 6.43. The number of thioether (sulfide) groups is 1. The Hall–Kier alpha value is -0.0600. The van der Waals surface area contributed by atoms with Crippen LogP contribution in [0, 0.1) is 0 Å². The van der Waals surface area contributed by atoms with Crippen molar-refractivity contribution in [2.75, 3.05) is 26.4 Å². The average Bonchev–Trinajstić information content (AvgIpc) is 2.12. The van der Waals surface area contributed by atoms with Gasteiger partial charge in [-0.2, -0.15) is 0 Å². The summed E-state index contributed by atoms with van der Waals surface area (Å²) in [7, 11) is 4.21. The third-order valence-electron chi connectivity index (χ3n) is 1.70. The summed E-state index contributed by atoms with van der Waals surface area (Å²) in [6, 6.07) is 2.10. The van der Waals surface area contributed by atoms with Gasteiger partial charge in [0.2, 0.25) is 0 Å². The van der Waals surface area contributed by atoms with Crippen LogP contribution >= 0.6 is 27.7 Å². The summed E-state index contributed by atoms with van der Waals surface area (Å²) in [5, 5.41) is 0. The van der Waals surface area contributed by atoms with Crippen LogP contribution in [0.15, 0.2) is 27.8 Å². The van der Waals surface area contributed by atoms with E-state index in [-0.39, 0.29) is 0 Å². The summed E-state index contributed by atoms with van der Waals surface area (Å²) in [4.78, 5) is 7.56. The Labute approximate surface area is 98.2 Å². The average molecular weight is 275 g/mol. The smallest absolute Gasteiger partial charge is 0.0411 e. The van der Waals surface area contributed by atoms with E-state index in [0.717, 1.165) is 16.8 Å². The molecule has 0 amide bonds. The zero-order valence-electron chi connectivity index (χ0n) is 8.53. The third kappa shape index (κ3) is 4.98. The maximum absolute atomic E-state index is 4.12. The number of nitrogens with zero attached hydrogens (tertiary/aromatic N) is 2. The molecule has 0 N–H and O–H groups in total. The van der Waals surface area contributed by atoms with E-state index in [2.05, 4.69) is 46.0 Å². The zero-order valence-corrected chi connectivity index (χ0v) is 10.9. The van der Waals surface area contributed by atoms with Crippen LogP contribution in [0.4, 0.5) is 0 Å². The Morgan fingerprint density at radius 1 is 1.43 bits per heavy atom. The van der Waals surface area contributed by atoms with Crippen LogP contribution in [0.5, 0.6) is 0 Å². The van der Waals surface area contributed by atoms with Crippen LogP contribution in [0.25, 0.3) is 0 Å². The Kier molecular flexibility index (Phi) is 5.52. The number of halogens is 1. The minimum absolute atomic E-state index is 1.05. The quantitative estimate of drug-likeness (QED) is 0.607. The molecule has 0 aliphatic carbocycles. The van der Waals surface area contributed by atoms with Crippen molar-refractivity contribution in [1.82, 2.24) is 9.88 Å².